The van der Waals surface area contributed by atoms with Crippen molar-refractivity contribution in [3.05, 3.63) is 0 Å². The Morgan fingerprint density at radius 3 is 2.11 bits per heavy atom. The number of unbranched alkanes of at least 4 members (excludes halogenated alkanes) is 10. The van der Waals surface area contributed by atoms with Gasteiger partial charge in [-0.2, -0.15) is 0 Å². The van der Waals surface area contributed by atoms with Gasteiger partial charge in [0.05, 0.1) is 13.7 Å². The first kappa shape index (κ1) is 24.9. The highest BCUT2D eigenvalue weighted by molar-refractivity contribution is 5.75. The van der Waals surface area contributed by atoms with E-state index < -0.39 is 17.7 Å². The lowest BCUT2D eigenvalue weighted by molar-refractivity contribution is -0.171. The maximum Gasteiger partial charge on any atom is 0.335 e. The minimum absolute atomic E-state index is 0.0200. The zero-order chi connectivity index (χ0) is 20.7. The van der Waals surface area contributed by atoms with E-state index in [2.05, 4.69) is 11.7 Å². The van der Waals surface area contributed by atoms with E-state index in [4.69, 9.17) is 9.47 Å². The maximum atomic E-state index is 11.9. The van der Waals surface area contributed by atoms with Gasteiger partial charge in [0.2, 0.25) is 0 Å². The molecule has 0 unspecified atom stereocenters. The van der Waals surface area contributed by atoms with Crippen molar-refractivity contribution in [3.8, 4) is 0 Å². The van der Waals surface area contributed by atoms with Crippen LogP contribution in [0.2, 0.25) is 0 Å². The normalized spacial score (nSPS) is 21.6. The number of esters is 2. The quantitative estimate of drug-likeness (QED) is 0.307. The van der Waals surface area contributed by atoms with Crippen molar-refractivity contribution in [2.24, 2.45) is 0 Å². The molecule has 6 nitrogen and oxygen atoms in total. The SMILES string of the molecule is CCCCCCCCCCCCCC(=O)OC[C@]1(CO)CC[C@H](C(=O)OC)O1. The van der Waals surface area contributed by atoms with Gasteiger partial charge in [-0.25, -0.2) is 4.79 Å². The van der Waals surface area contributed by atoms with Crippen molar-refractivity contribution in [1.29, 1.82) is 0 Å². The molecule has 1 rings (SSSR count). The Labute approximate surface area is 170 Å². The molecule has 0 aromatic carbocycles. The number of methoxy groups -OCH3 is 1. The third-order valence-corrected chi connectivity index (χ3v) is 5.49. The van der Waals surface area contributed by atoms with Gasteiger partial charge in [-0.1, -0.05) is 71.1 Å². The number of carbonyl (C=O) groups is 2. The van der Waals surface area contributed by atoms with Crippen LogP contribution in [0.15, 0.2) is 0 Å². The average Bonchev–Trinajstić information content (AvgIpc) is 3.15. The molecule has 0 aliphatic carbocycles. The summed E-state index contributed by atoms with van der Waals surface area (Å²) in [7, 11) is 1.30. The Kier molecular flexibility index (Phi) is 13.2. The van der Waals surface area contributed by atoms with Gasteiger partial charge in [0.15, 0.2) is 6.10 Å². The zero-order valence-electron chi connectivity index (χ0n) is 17.9. The number of aliphatic hydroxyl groups excluding tert-OH is 1. The van der Waals surface area contributed by atoms with Crippen LogP contribution in [0.4, 0.5) is 0 Å². The van der Waals surface area contributed by atoms with Gasteiger partial charge in [-0.05, 0) is 19.3 Å². The first-order valence-electron chi connectivity index (χ1n) is 11.1. The molecule has 1 heterocycles. The molecular weight excluding hydrogens is 360 g/mol. The highest BCUT2D eigenvalue weighted by Gasteiger charge is 2.44. The number of hydrogen-bond acceptors (Lipinski definition) is 6. The molecule has 1 fully saturated rings. The van der Waals surface area contributed by atoms with Crippen LogP contribution < -0.4 is 0 Å². The van der Waals surface area contributed by atoms with Crippen molar-refractivity contribution in [1.82, 2.24) is 0 Å². The molecule has 0 amide bonds. The monoisotopic (exact) mass is 400 g/mol. The molecule has 0 saturated carbocycles. The van der Waals surface area contributed by atoms with E-state index >= 15 is 0 Å². The largest absolute Gasteiger partial charge is 0.467 e. The Balaban J connectivity index is 2.04. The molecule has 0 bridgehead atoms. The van der Waals surface area contributed by atoms with Gasteiger partial charge in [0.25, 0.3) is 0 Å². The lowest BCUT2D eigenvalue weighted by Gasteiger charge is -2.26. The molecule has 1 aliphatic heterocycles. The van der Waals surface area contributed by atoms with Crippen LogP contribution in [0.5, 0.6) is 0 Å². The summed E-state index contributed by atoms with van der Waals surface area (Å²) in [4.78, 5) is 23.5. The molecular formula is C22H40O6. The second kappa shape index (κ2) is 14.8. The van der Waals surface area contributed by atoms with Crippen LogP contribution in [0, 0.1) is 0 Å². The van der Waals surface area contributed by atoms with E-state index in [9.17, 15) is 14.7 Å². The topological polar surface area (TPSA) is 82.1 Å². The standard InChI is InChI=1S/C22H40O6/c1-3-4-5-6-7-8-9-10-11-12-13-14-20(24)27-18-22(17-23)16-15-19(28-22)21(25)26-2/h19,23H,3-18H2,1-2H3/t19-,22-/m1/s1. The van der Waals surface area contributed by atoms with Crippen molar-refractivity contribution < 1.29 is 28.9 Å². The third-order valence-electron chi connectivity index (χ3n) is 5.49. The lowest BCUT2D eigenvalue weighted by Crippen LogP contribution is -2.41. The summed E-state index contributed by atoms with van der Waals surface area (Å²) in [6.07, 6.45) is 14.2. The van der Waals surface area contributed by atoms with Crippen LogP contribution >= 0.6 is 0 Å². The number of ether oxygens (including phenoxy) is 3. The fraction of sp³-hybridized carbons (Fsp3) is 0.909. The average molecular weight is 401 g/mol. The van der Waals surface area contributed by atoms with Gasteiger partial charge in [-0.3, -0.25) is 4.79 Å². The Hall–Kier alpha value is -1.14. The van der Waals surface area contributed by atoms with E-state index in [-0.39, 0.29) is 19.2 Å². The fourth-order valence-electron chi connectivity index (χ4n) is 3.60. The highest BCUT2D eigenvalue weighted by Crippen LogP contribution is 2.31. The molecule has 2 atom stereocenters. The summed E-state index contributed by atoms with van der Waals surface area (Å²) >= 11 is 0. The predicted molar refractivity (Wildman–Crippen MR) is 108 cm³/mol. The maximum absolute atomic E-state index is 11.9. The molecule has 1 N–H and O–H groups in total. The summed E-state index contributed by atoms with van der Waals surface area (Å²) in [5.41, 5.74) is -0.981. The molecule has 0 radical (unpaired) electrons. The fourth-order valence-corrected chi connectivity index (χ4v) is 3.60. The van der Waals surface area contributed by atoms with Gasteiger partial charge in [0.1, 0.15) is 12.2 Å². The van der Waals surface area contributed by atoms with E-state index in [1.165, 1.54) is 58.5 Å². The second-order valence-corrected chi connectivity index (χ2v) is 7.96. The van der Waals surface area contributed by atoms with Crippen molar-refractivity contribution in [2.75, 3.05) is 20.3 Å². The number of aliphatic hydroxyl groups is 1. The van der Waals surface area contributed by atoms with Gasteiger partial charge in [0, 0.05) is 6.42 Å². The smallest absolute Gasteiger partial charge is 0.335 e. The van der Waals surface area contributed by atoms with Crippen LogP contribution in [-0.4, -0.2) is 49.1 Å². The Morgan fingerprint density at radius 2 is 1.57 bits per heavy atom. The number of carbonyl (C=O) groups excluding carboxylic acids is 2. The van der Waals surface area contributed by atoms with E-state index in [0.717, 1.165) is 19.3 Å². The van der Waals surface area contributed by atoms with Crippen LogP contribution in [-0.2, 0) is 23.8 Å². The van der Waals surface area contributed by atoms with Crippen molar-refractivity contribution in [3.63, 3.8) is 0 Å². The minimum Gasteiger partial charge on any atom is -0.467 e. The lowest BCUT2D eigenvalue weighted by atomic mass is 10.0. The summed E-state index contributed by atoms with van der Waals surface area (Å²) < 4.78 is 15.6. The highest BCUT2D eigenvalue weighted by atomic mass is 16.6. The van der Waals surface area contributed by atoms with Gasteiger partial charge in [-0.15, -0.1) is 0 Å². The summed E-state index contributed by atoms with van der Waals surface area (Å²) in [6, 6.07) is 0. The number of hydrogen-bond donors (Lipinski definition) is 1. The molecule has 1 saturated heterocycles. The Morgan fingerprint density at radius 1 is 1.00 bits per heavy atom. The summed E-state index contributed by atoms with van der Waals surface area (Å²) in [5, 5.41) is 9.61. The van der Waals surface area contributed by atoms with Crippen molar-refractivity contribution in [2.45, 2.75) is 109 Å². The number of rotatable bonds is 16. The van der Waals surface area contributed by atoms with Gasteiger partial charge >= 0.3 is 11.9 Å². The van der Waals surface area contributed by atoms with E-state index in [1.807, 2.05) is 0 Å². The predicted octanol–water partition coefficient (Wildman–Crippen LogP) is 4.31. The minimum atomic E-state index is -0.981. The van der Waals surface area contributed by atoms with Crippen LogP contribution in [0.25, 0.3) is 0 Å². The zero-order valence-corrected chi connectivity index (χ0v) is 17.9. The third kappa shape index (κ3) is 9.87. The molecule has 0 spiro atoms. The van der Waals surface area contributed by atoms with Crippen LogP contribution in [0.3, 0.4) is 0 Å². The molecule has 1 aliphatic rings. The first-order valence-corrected chi connectivity index (χ1v) is 11.1. The van der Waals surface area contributed by atoms with Crippen molar-refractivity contribution >= 4 is 11.9 Å². The first-order chi connectivity index (χ1) is 13.6. The Bertz CT molecular complexity index is 439. The van der Waals surface area contributed by atoms with Gasteiger partial charge < -0.3 is 19.3 Å². The van der Waals surface area contributed by atoms with Crippen LogP contribution in [0.1, 0.15) is 96.8 Å². The second-order valence-electron chi connectivity index (χ2n) is 7.96. The molecule has 164 valence electrons. The molecule has 28 heavy (non-hydrogen) atoms. The summed E-state index contributed by atoms with van der Waals surface area (Å²) in [5.74, 6) is -0.725. The molecule has 0 aromatic heterocycles. The van der Waals surface area contributed by atoms with E-state index in [0.29, 0.717) is 19.3 Å². The summed E-state index contributed by atoms with van der Waals surface area (Å²) in [6.45, 7) is 1.93. The molecule has 6 heteroatoms. The molecule has 0 aromatic rings. The van der Waals surface area contributed by atoms with E-state index in [1.54, 1.807) is 0 Å².